The summed E-state index contributed by atoms with van der Waals surface area (Å²) < 4.78 is 14.0. The fourth-order valence-electron chi connectivity index (χ4n) is 4.06. The van der Waals surface area contributed by atoms with Gasteiger partial charge in [0.05, 0.1) is 49.9 Å². The number of hydrogen-bond donors (Lipinski definition) is 1. The number of benzene rings is 2. The van der Waals surface area contributed by atoms with Crippen molar-refractivity contribution in [1.29, 1.82) is 0 Å². The number of rotatable bonds is 4. The molecule has 4 rings (SSSR count). The van der Waals surface area contributed by atoms with Crippen molar-refractivity contribution < 1.29 is 28.8 Å². The van der Waals surface area contributed by atoms with E-state index in [-0.39, 0.29) is 29.6 Å². The topological polar surface area (TPSA) is 85.2 Å². The first-order chi connectivity index (χ1) is 14.0. The van der Waals surface area contributed by atoms with Crippen LogP contribution in [0, 0.1) is 5.82 Å². The fraction of sp³-hybridized carbons (Fsp3) is 0.286. The number of nitrogens with zero attached hydrogens (tertiary/aromatic N) is 2. The number of imide groups is 1. The molecule has 8 heteroatoms. The number of halogens is 1. The van der Waals surface area contributed by atoms with Gasteiger partial charge in [-0.2, -0.15) is 0 Å². The van der Waals surface area contributed by atoms with Gasteiger partial charge in [-0.05, 0) is 29.8 Å². The van der Waals surface area contributed by atoms with Crippen LogP contribution in [0.25, 0.3) is 0 Å². The van der Waals surface area contributed by atoms with Crippen molar-refractivity contribution in [2.75, 3.05) is 36.0 Å². The van der Waals surface area contributed by atoms with Gasteiger partial charge in [0.2, 0.25) is 5.91 Å². The van der Waals surface area contributed by atoms with Crippen LogP contribution in [-0.4, -0.2) is 50.0 Å². The summed E-state index contributed by atoms with van der Waals surface area (Å²) in [6.45, 7) is 2.42. The molecule has 2 aliphatic heterocycles. The molecule has 2 aromatic carbocycles. The van der Waals surface area contributed by atoms with Crippen molar-refractivity contribution in [3.8, 4) is 0 Å². The van der Waals surface area contributed by atoms with Crippen molar-refractivity contribution in [2.45, 2.75) is 12.5 Å². The maximum absolute atomic E-state index is 14.0. The van der Waals surface area contributed by atoms with Gasteiger partial charge in [0.15, 0.2) is 6.04 Å². The number of piperazine rings is 1. The molecule has 2 amide bonds. The molecule has 2 heterocycles. The highest BCUT2D eigenvalue weighted by Gasteiger charge is 2.46. The van der Waals surface area contributed by atoms with Gasteiger partial charge >= 0.3 is 0 Å². The van der Waals surface area contributed by atoms with E-state index in [1.165, 1.54) is 30.3 Å². The number of anilines is 2. The smallest absolute Gasteiger partial charge is 0.292 e. The van der Waals surface area contributed by atoms with E-state index in [0.717, 1.165) is 9.80 Å². The molecule has 0 bridgehead atoms. The lowest BCUT2D eigenvalue weighted by molar-refractivity contribution is -0.915. The average Bonchev–Trinajstić information content (AvgIpc) is 3.02. The molecule has 1 unspecified atom stereocenters. The highest BCUT2D eigenvalue weighted by atomic mass is 19.1. The summed E-state index contributed by atoms with van der Waals surface area (Å²) in [5.74, 6) is -2.17. The summed E-state index contributed by atoms with van der Waals surface area (Å²) in [6, 6.07) is 11.6. The van der Waals surface area contributed by atoms with Gasteiger partial charge in [-0.1, -0.05) is 24.3 Å². The van der Waals surface area contributed by atoms with E-state index in [2.05, 4.69) is 0 Å². The van der Waals surface area contributed by atoms with E-state index >= 15 is 0 Å². The van der Waals surface area contributed by atoms with E-state index in [9.17, 15) is 23.9 Å². The number of carbonyl (C=O) groups is 3. The standard InChI is InChI=1S/C21H20FN3O4/c22-16-3-1-2-4-17(16)23-9-11-24(12-10-23)18-13-19(26)25(20(18)27)15-7-5-14(6-8-15)21(28)29/h1-8,18H,9-13H2,(H,28,29). The third-order valence-electron chi connectivity index (χ3n) is 5.60. The number of carbonyl (C=O) groups excluding carboxylic acids is 3. The minimum absolute atomic E-state index is 0.0146. The maximum atomic E-state index is 14.0. The zero-order valence-electron chi connectivity index (χ0n) is 15.6. The number of hydrogen-bond acceptors (Lipinski definition) is 5. The number of quaternary nitrogens is 1. The Kier molecular flexibility index (Phi) is 5.02. The van der Waals surface area contributed by atoms with E-state index in [4.69, 9.17) is 0 Å². The third kappa shape index (κ3) is 3.58. The van der Waals surface area contributed by atoms with Gasteiger partial charge in [-0.15, -0.1) is 0 Å². The minimum atomic E-state index is -1.31. The van der Waals surface area contributed by atoms with Crippen molar-refractivity contribution in [2.24, 2.45) is 0 Å². The quantitative estimate of drug-likeness (QED) is 0.685. The molecule has 2 aromatic rings. The van der Waals surface area contributed by atoms with Crippen molar-refractivity contribution in [1.82, 2.24) is 0 Å². The Morgan fingerprint density at radius 3 is 2.31 bits per heavy atom. The summed E-state index contributed by atoms with van der Waals surface area (Å²) in [6.07, 6.45) is 0.107. The van der Waals surface area contributed by atoms with Crippen molar-refractivity contribution in [3.63, 3.8) is 0 Å². The van der Waals surface area contributed by atoms with Crippen LogP contribution in [0.4, 0.5) is 15.8 Å². The first-order valence-corrected chi connectivity index (χ1v) is 9.48. The zero-order valence-corrected chi connectivity index (χ0v) is 15.6. The van der Waals surface area contributed by atoms with Gasteiger partial charge in [0.1, 0.15) is 5.82 Å². The van der Waals surface area contributed by atoms with Crippen LogP contribution in [0.5, 0.6) is 0 Å². The molecule has 0 aliphatic carbocycles. The lowest BCUT2D eigenvalue weighted by Crippen LogP contribution is -3.19. The van der Waals surface area contributed by atoms with Gasteiger partial charge in [0.25, 0.3) is 5.91 Å². The summed E-state index contributed by atoms with van der Waals surface area (Å²) in [4.78, 5) is 40.4. The second-order valence-electron chi connectivity index (χ2n) is 7.26. The fourth-order valence-corrected chi connectivity index (χ4v) is 4.06. The Hall–Kier alpha value is -3.26. The second kappa shape index (κ2) is 7.63. The van der Waals surface area contributed by atoms with Gasteiger partial charge < -0.3 is 19.7 Å². The first-order valence-electron chi connectivity index (χ1n) is 9.48. The van der Waals surface area contributed by atoms with Crippen LogP contribution in [0.1, 0.15) is 16.8 Å². The lowest BCUT2D eigenvalue weighted by atomic mass is 10.1. The van der Waals surface area contributed by atoms with Crippen LogP contribution in [0.15, 0.2) is 48.5 Å². The maximum Gasteiger partial charge on any atom is 0.292 e. The Bertz CT molecular complexity index is 955. The van der Waals surface area contributed by atoms with Gasteiger partial charge in [-0.3, -0.25) is 9.59 Å². The SMILES string of the molecule is O=C([O-])c1ccc(N2C(=O)CC([NH+]3CCN(c4ccccc4F)CC3)C2=O)cc1. The second-order valence-corrected chi connectivity index (χ2v) is 7.26. The molecule has 1 N–H and O–H groups in total. The van der Waals surface area contributed by atoms with Gasteiger partial charge in [-0.25, -0.2) is 9.29 Å². The van der Waals surface area contributed by atoms with Gasteiger partial charge in [0, 0.05) is 0 Å². The molecular weight excluding hydrogens is 377 g/mol. The first kappa shape index (κ1) is 19.1. The molecule has 2 aliphatic rings. The molecule has 2 fully saturated rings. The Balaban J connectivity index is 1.44. The Labute approximate surface area is 166 Å². The van der Waals surface area contributed by atoms with E-state index < -0.39 is 12.0 Å². The summed E-state index contributed by atoms with van der Waals surface area (Å²) in [5.41, 5.74) is 0.895. The molecule has 7 nitrogen and oxygen atoms in total. The lowest BCUT2D eigenvalue weighted by Gasteiger charge is -2.35. The Morgan fingerprint density at radius 2 is 1.69 bits per heavy atom. The predicted molar refractivity (Wildman–Crippen MR) is 101 cm³/mol. The number of para-hydroxylation sites is 1. The van der Waals surface area contributed by atoms with E-state index in [0.29, 0.717) is 37.6 Å². The zero-order chi connectivity index (χ0) is 20.5. The van der Waals surface area contributed by atoms with Crippen molar-refractivity contribution >= 4 is 29.2 Å². The molecule has 0 spiro atoms. The highest BCUT2D eigenvalue weighted by molar-refractivity contribution is 6.21. The number of carboxylic acids is 1. The molecule has 29 heavy (non-hydrogen) atoms. The molecular formula is C21H20FN3O4. The largest absolute Gasteiger partial charge is 0.545 e. The molecule has 1 atom stereocenters. The van der Waals surface area contributed by atoms with Crippen molar-refractivity contribution in [3.05, 3.63) is 59.9 Å². The van der Waals surface area contributed by atoms with Crippen LogP contribution in [0.3, 0.4) is 0 Å². The normalized spacial score (nSPS) is 20.4. The van der Waals surface area contributed by atoms with Crippen LogP contribution < -0.4 is 19.8 Å². The third-order valence-corrected chi connectivity index (χ3v) is 5.60. The Morgan fingerprint density at radius 1 is 1.03 bits per heavy atom. The monoisotopic (exact) mass is 397 g/mol. The molecule has 2 saturated heterocycles. The van der Waals surface area contributed by atoms with E-state index in [1.807, 2.05) is 4.90 Å². The predicted octanol–water partition coefficient (Wildman–Crippen LogP) is -0.774. The van der Waals surface area contributed by atoms with E-state index in [1.54, 1.807) is 18.2 Å². The highest BCUT2D eigenvalue weighted by Crippen LogP contribution is 2.23. The number of carboxylic acid groups (broad SMARTS) is 1. The molecule has 0 radical (unpaired) electrons. The number of nitrogens with one attached hydrogen (secondary N) is 1. The average molecular weight is 397 g/mol. The van der Waals surface area contributed by atoms with Crippen LogP contribution in [-0.2, 0) is 9.59 Å². The summed E-state index contributed by atoms with van der Waals surface area (Å²) >= 11 is 0. The van der Waals surface area contributed by atoms with Crippen LogP contribution in [0.2, 0.25) is 0 Å². The van der Waals surface area contributed by atoms with Crippen LogP contribution >= 0.6 is 0 Å². The summed E-state index contributed by atoms with van der Waals surface area (Å²) in [5, 5.41) is 10.9. The minimum Gasteiger partial charge on any atom is -0.545 e. The molecule has 0 aromatic heterocycles. The number of amides is 2. The number of aromatic carboxylic acids is 1. The molecule has 150 valence electrons. The molecule has 0 saturated carbocycles. The summed E-state index contributed by atoms with van der Waals surface area (Å²) in [7, 11) is 0.